The lowest BCUT2D eigenvalue weighted by atomic mass is 10.0. The zero-order valence-electron chi connectivity index (χ0n) is 13.7. The average molecular weight is 323 g/mol. The molecule has 0 spiro atoms. The Morgan fingerprint density at radius 3 is 2.71 bits per heavy atom. The maximum absolute atomic E-state index is 12.4. The first-order valence-electron chi connectivity index (χ1n) is 8.24. The summed E-state index contributed by atoms with van der Waals surface area (Å²) in [7, 11) is 0. The number of benzene rings is 2. The quantitative estimate of drug-likeness (QED) is 0.920. The highest BCUT2D eigenvalue weighted by molar-refractivity contribution is 6.04. The molecular weight excluding hydrogens is 302 g/mol. The van der Waals surface area contributed by atoms with Crippen LogP contribution in [0.25, 0.3) is 0 Å². The van der Waals surface area contributed by atoms with E-state index < -0.39 is 6.04 Å². The van der Waals surface area contributed by atoms with E-state index in [1.165, 1.54) is 11.1 Å². The fraction of sp³-hybridized carbons (Fsp3) is 0.300. The molecular formula is C20H21NO3. The van der Waals surface area contributed by atoms with Crippen molar-refractivity contribution >= 4 is 11.7 Å². The summed E-state index contributed by atoms with van der Waals surface area (Å²) >= 11 is 0. The van der Waals surface area contributed by atoms with Crippen LogP contribution in [0.5, 0.6) is 5.75 Å². The van der Waals surface area contributed by atoms with Crippen molar-refractivity contribution in [2.75, 3.05) is 6.61 Å². The number of para-hydroxylation sites is 1. The summed E-state index contributed by atoms with van der Waals surface area (Å²) in [4.78, 5) is 24.5. The minimum Gasteiger partial charge on any atom is -0.490 e. The third-order valence-corrected chi connectivity index (χ3v) is 4.20. The molecule has 24 heavy (non-hydrogen) atoms. The van der Waals surface area contributed by atoms with Gasteiger partial charge in [0.05, 0.1) is 5.56 Å². The number of amides is 1. The molecule has 1 heterocycles. The number of ketones is 1. The van der Waals surface area contributed by atoms with Gasteiger partial charge in [0.1, 0.15) is 18.4 Å². The maximum atomic E-state index is 12.4. The van der Waals surface area contributed by atoms with Crippen molar-refractivity contribution in [3.63, 3.8) is 0 Å². The summed E-state index contributed by atoms with van der Waals surface area (Å²) < 4.78 is 5.56. The Bertz CT molecular complexity index is 737. The molecule has 2 aromatic rings. The van der Waals surface area contributed by atoms with Crippen molar-refractivity contribution < 1.29 is 14.3 Å². The SMILES string of the molecule is Cc1ccc(CCCC(=O)NC2COc3ccccc3C2=O)cc1. The van der Waals surface area contributed by atoms with Crippen molar-refractivity contribution in [2.45, 2.75) is 32.2 Å². The van der Waals surface area contributed by atoms with Gasteiger partial charge in [-0.05, 0) is 37.5 Å². The average Bonchev–Trinajstić information content (AvgIpc) is 2.59. The first kappa shape index (κ1) is 16.2. The molecule has 0 bridgehead atoms. The summed E-state index contributed by atoms with van der Waals surface area (Å²) in [5.41, 5.74) is 2.99. The van der Waals surface area contributed by atoms with E-state index in [1.807, 2.05) is 6.07 Å². The third-order valence-electron chi connectivity index (χ3n) is 4.20. The summed E-state index contributed by atoms with van der Waals surface area (Å²) in [6.07, 6.45) is 2.01. The van der Waals surface area contributed by atoms with E-state index >= 15 is 0 Å². The van der Waals surface area contributed by atoms with E-state index in [-0.39, 0.29) is 18.3 Å². The van der Waals surface area contributed by atoms with Crippen LogP contribution in [0.3, 0.4) is 0 Å². The van der Waals surface area contributed by atoms with Crippen LogP contribution in [-0.2, 0) is 11.2 Å². The van der Waals surface area contributed by atoms with Crippen LogP contribution in [0.4, 0.5) is 0 Å². The van der Waals surface area contributed by atoms with Crippen LogP contribution >= 0.6 is 0 Å². The number of carbonyl (C=O) groups excluding carboxylic acids is 2. The van der Waals surface area contributed by atoms with Gasteiger partial charge in [-0.1, -0.05) is 42.0 Å². The summed E-state index contributed by atoms with van der Waals surface area (Å²) in [5, 5.41) is 2.79. The third kappa shape index (κ3) is 3.82. The molecule has 0 radical (unpaired) electrons. The standard InChI is InChI=1S/C20H21NO3/c1-14-9-11-15(12-10-14)5-4-8-19(22)21-17-13-24-18-7-3-2-6-16(18)20(17)23/h2-3,6-7,9-12,17H,4-5,8,13H2,1H3,(H,21,22). The first-order valence-corrected chi connectivity index (χ1v) is 8.24. The number of fused-ring (bicyclic) bond motifs is 1. The molecule has 124 valence electrons. The Hall–Kier alpha value is -2.62. The molecule has 1 aliphatic rings. The smallest absolute Gasteiger partial charge is 0.220 e. The molecule has 4 nitrogen and oxygen atoms in total. The monoisotopic (exact) mass is 323 g/mol. The van der Waals surface area contributed by atoms with Gasteiger partial charge in [0.25, 0.3) is 0 Å². The highest BCUT2D eigenvalue weighted by Gasteiger charge is 2.29. The summed E-state index contributed by atoms with van der Waals surface area (Å²) in [6, 6.07) is 14.9. The predicted octanol–water partition coefficient (Wildman–Crippen LogP) is 3.08. The molecule has 0 saturated carbocycles. The fourth-order valence-electron chi connectivity index (χ4n) is 2.81. The Kier molecular flexibility index (Phi) is 4.94. The largest absolute Gasteiger partial charge is 0.490 e. The highest BCUT2D eigenvalue weighted by atomic mass is 16.5. The van der Waals surface area contributed by atoms with Crippen molar-refractivity contribution in [1.82, 2.24) is 5.32 Å². The number of hydrogen-bond donors (Lipinski definition) is 1. The van der Waals surface area contributed by atoms with Crippen LogP contribution in [0.15, 0.2) is 48.5 Å². The predicted molar refractivity (Wildman–Crippen MR) is 92.3 cm³/mol. The van der Waals surface area contributed by atoms with Gasteiger partial charge < -0.3 is 10.1 Å². The van der Waals surface area contributed by atoms with E-state index in [2.05, 4.69) is 36.5 Å². The maximum Gasteiger partial charge on any atom is 0.220 e. The van der Waals surface area contributed by atoms with Gasteiger partial charge in [-0.3, -0.25) is 9.59 Å². The topological polar surface area (TPSA) is 55.4 Å². The molecule has 3 rings (SSSR count). The van der Waals surface area contributed by atoms with Gasteiger partial charge in [0.2, 0.25) is 5.91 Å². The Balaban J connectivity index is 1.49. The van der Waals surface area contributed by atoms with Crippen LogP contribution in [0.1, 0.15) is 34.3 Å². The number of ether oxygens (including phenoxy) is 1. The Morgan fingerprint density at radius 1 is 1.17 bits per heavy atom. The van der Waals surface area contributed by atoms with Crippen molar-refractivity contribution in [2.24, 2.45) is 0 Å². The second-order valence-electron chi connectivity index (χ2n) is 6.13. The van der Waals surface area contributed by atoms with E-state index in [1.54, 1.807) is 18.2 Å². The molecule has 1 N–H and O–H groups in total. The number of aryl methyl sites for hydroxylation is 2. The lowest BCUT2D eigenvalue weighted by molar-refractivity contribution is -0.121. The highest BCUT2D eigenvalue weighted by Crippen LogP contribution is 2.24. The minimum absolute atomic E-state index is 0.0799. The van der Waals surface area contributed by atoms with Crippen LogP contribution in [0.2, 0.25) is 0 Å². The number of carbonyl (C=O) groups is 2. The zero-order valence-corrected chi connectivity index (χ0v) is 13.7. The van der Waals surface area contributed by atoms with E-state index in [4.69, 9.17) is 4.74 Å². The molecule has 2 aromatic carbocycles. The van der Waals surface area contributed by atoms with Gasteiger partial charge in [-0.15, -0.1) is 0 Å². The number of rotatable bonds is 5. The normalized spacial score (nSPS) is 16.2. The Morgan fingerprint density at radius 2 is 1.92 bits per heavy atom. The first-order chi connectivity index (χ1) is 11.6. The van der Waals surface area contributed by atoms with Gasteiger partial charge in [0, 0.05) is 6.42 Å². The molecule has 1 unspecified atom stereocenters. The number of nitrogens with one attached hydrogen (secondary N) is 1. The molecule has 0 fully saturated rings. The summed E-state index contributed by atoms with van der Waals surface area (Å²) in [6.45, 7) is 2.25. The van der Waals surface area contributed by atoms with E-state index in [0.717, 1.165) is 12.8 Å². The Labute approximate surface area is 141 Å². The lowest BCUT2D eigenvalue weighted by Gasteiger charge is -2.24. The van der Waals surface area contributed by atoms with Gasteiger partial charge in [-0.2, -0.15) is 0 Å². The molecule has 0 aliphatic carbocycles. The second kappa shape index (κ2) is 7.30. The number of hydrogen-bond acceptors (Lipinski definition) is 3. The molecule has 4 heteroatoms. The van der Waals surface area contributed by atoms with E-state index in [0.29, 0.717) is 17.7 Å². The molecule has 1 atom stereocenters. The second-order valence-corrected chi connectivity index (χ2v) is 6.13. The fourth-order valence-corrected chi connectivity index (χ4v) is 2.81. The van der Waals surface area contributed by atoms with Gasteiger partial charge in [-0.25, -0.2) is 0 Å². The number of Topliss-reactive ketones (excluding diaryl/α,β-unsaturated/α-hetero) is 1. The van der Waals surface area contributed by atoms with Crippen LogP contribution in [0, 0.1) is 6.92 Å². The van der Waals surface area contributed by atoms with Crippen LogP contribution < -0.4 is 10.1 Å². The minimum atomic E-state index is -0.591. The summed E-state index contributed by atoms with van der Waals surface area (Å²) in [5.74, 6) is 0.402. The lowest BCUT2D eigenvalue weighted by Crippen LogP contribution is -2.47. The van der Waals surface area contributed by atoms with Gasteiger partial charge >= 0.3 is 0 Å². The van der Waals surface area contributed by atoms with E-state index in [9.17, 15) is 9.59 Å². The molecule has 1 aliphatic heterocycles. The van der Waals surface area contributed by atoms with Crippen molar-refractivity contribution in [1.29, 1.82) is 0 Å². The molecule has 0 saturated heterocycles. The van der Waals surface area contributed by atoms with Crippen molar-refractivity contribution in [3.8, 4) is 5.75 Å². The zero-order chi connectivity index (χ0) is 16.9. The van der Waals surface area contributed by atoms with Crippen LogP contribution in [-0.4, -0.2) is 24.3 Å². The van der Waals surface area contributed by atoms with Gasteiger partial charge in [0.15, 0.2) is 5.78 Å². The van der Waals surface area contributed by atoms with Crippen molar-refractivity contribution in [3.05, 3.63) is 65.2 Å². The molecule has 0 aromatic heterocycles. The molecule has 1 amide bonds.